The minimum atomic E-state index is -0.0835. The highest BCUT2D eigenvalue weighted by atomic mass is 32.2. The Morgan fingerprint density at radius 2 is 1.68 bits per heavy atom. The van der Waals surface area contributed by atoms with Gasteiger partial charge in [0.25, 0.3) is 0 Å². The number of ether oxygens (including phenoxy) is 1. The predicted molar refractivity (Wildman–Crippen MR) is 80.4 cm³/mol. The molecule has 3 nitrogen and oxygen atoms in total. The van der Waals surface area contributed by atoms with Gasteiger partial charge in [0.15, 0.2) is 0 Å². The third-order valence-corrected chi connectivity index (χ3v) is 3.88. The first-order valence-corrected chi connectivity index (χ1v) is 7.26. The van der Waals surface area contributed by atoms with Crippen LogP contribution in [-0.4, -0.2) is 13.4 Å². The van der Waals surface area contributed by atoms with Gasteiger partial charge in [0.2, 0.25) is 0 Å². The van der Waals surface area contributed by atoms with Crippen LogP contribution in [0.5, 0.6) is 5.75 Å². The van der Waals surface area contributed by atoms with Crippen LogP contribution >= 0.6 is 11.8 Å². The van der Waals surface area contributed by atoms with Crippen LogP contribution in [0.3, 0.4) is 0 Å². The summed E-state index contributed by atoms with van der Waals surface area (Å²) in [5.74, 6) is 6.60. The molecule has 2 rings (SSSR count). The van der Waals surface area contributed by atoms with Crippen LogP contribution in [0.25, 0.3) is 0 Å². The first kappa shape index (κ1) is 13.9. The summed E-state index contributed by atoms with van der Waals surface area (Å²) in [6.45, 7) is 0. The molecule has 0 bridgehead atoms. The molecule has 0 aliphatic carbocycles. The number of methoxy groups -OCH3 is 1. The number of rotatable bonds is 5. The summed E-state index contributed by atoms with van der Waals surface area (Å²) in [6.07, 6.45) is 2.06. The van der Waals surface area contributed by atoms with Gasteiger partial charge in [-0.25, -0.2) is 5.43 Å². The third kappa shape index (κ3) is 2.92. The molecule has 3 N–H and O–H groups in total. The summed E-state index contributed by atoms with van der Waals surface area (Å²) >= 11 is 1.71. The second-order valence-electron chi connectivity index (χ2n) is 4.08. The quantitative estimate of drug-likeness (QED) is 0.500. The van der Waals surface area contributed by atoms with Crippen molar-refractivity contribution >= 4 is 11.8 Å². The van der Waals surface area contributed by atoms with Crippen molar-refractivity contribution in [1.29, 1.82) is 0 Å². The number of hydrogen-bond donors (Lipinski definition) is 2. The van der Waals surface area contributed by atoms with Crippen LogP contribution in [0.15, 0.2) is 53.4 Å². The first-order chi connectivity index (χ1) is 9.31. The van der Waals surface area contributed by atoms with Gasteiger partial charge in [-0.1, -0.05) is 36.4 Å². The normalized spacial score (nSPS) is 12.2. The maximum Gasteiger partial charge on any atom is 0.124 e. The topological polar surface area (TPSA) is 47.3 Å². The van der Waals surface area contributed by atoms with E-state index in [0.29, 0.717) is 0 Å². The van der Waals surface area contributed by atoms with Crippen LogP contribution in [0.2, 0.25) is 0 Å². The summed E-state index contributed by atoms with van der Waals surface area (Å²) in [5, 5.41) is 0. The lowest BCUT2D eigenvalue weighted by molar-refractivity contribution is 0.404. The van der Waals surface area contributed by atoms with Crippen molar-refractivity contribution in [3.8, 4) is 5.75 Å². The van der Waals surface area contributed by atoms with E-state index in [0.717, 1.165) is 16.9 Å². The molecule has 19 heavy (non-hydrogen) atoms. The summed E-state index contributed by atoms with van der Waals surface area (Å²) in [7, 11) is 1.67. The zero-order chi connectivity index (χ0) is 13.7. The smallest absolute Gasteiger partial charge is 0.124 e. The number of benzene rings is 2. The van der Waals surface area contributed by atoms with E-state index >= 15 is 0 Å². The van der Waals surface area contributed by atoms with Crippen molar-refractivity contribution in [3.63, 3.8) is 0 Å². The van der Waals surface area contributed by atoms with Crippen LogP contribution in [0, 0.1) is 0 Å². The number of hydrogen-bond acceptors (Lipinski definition) is 4. The lowest BCUT2D eigenvalue weighted by atomic mass is 9.98. The van der Waals surface area contributed by atoms with Crippen molar-refractivity contribution in [2.75, 3.05) is 13.4 Å². The molecule has 0 aliphatic heterocycles. The van der Waals surface area contributed by atoms with Crippen LogP contribution < -0.4 is 16.0 Å². The molecule has 0 saturated carbocycles. The molecule has 0 amide bonds. The largest absolute Gasteiger partial charge is 0.496 e. The zero-order valence-electron chi connectivity index (χ0n) is 11.1. The molecular formula is C15H18N2OS. The Balaban J connectivity index is 2.50. The van der Waals surface area contributed by atoms with Crippen molar-refractivity contribution in [2.24, 2.45) is 5.84 Å². The molecule has 4 heteroatoms. The molecule has 2 aromatic rings. The van der Waals surface area contributed by atoms with Crippen LogP contribution in [0.1, 0.15) is 17.2 Å². The molecular weight excluding hydrogens is 256 g/mol. The number of thioether (sulfide) groups is 1. The monoisotopic (exact) mass is 274 g/mol. The van der Waals surface area contributed by atoms with E-state index in [1.165, 1.54) is 4.90 Å². The standard InChI is InChI=1S/C15H18N2OS/c1-18-13-9-5-3-7-11(13)15(17-16)12-8-4-6-10-14(12)19-2/h3-10,15,17H,16H2,1-2H3. The third-order valence-electron chi connectivity index (χ3n) is 3.07. The second-order valence-corrected chi connectivity index (χ2v) is 4.93. The van der Waals surface area contributed by atoms with E-state index in [9.17, 15) is 0 Å². The average Bonchev–Trinajstić information content (AvgIpc) is 2.49. The van der Waals surface area contributed by atoms with Gasteiger partial charge in [-0.05, 0) is 24.0 Å². The Labute approximate surface area is 118 Å². The van der Waals surface area contributed by atoms with Crippen molar-refractivity contribution < 1.29 is 4.74 Å². The molecule has 1 unspecified atom stereocenters. The minimum absolute atomic E-state index is 0.0835. The van der Waals surface area contributed by atoms with Gasteiger partial charge in [-0.15, -0.1) is 11.8 Å². The van der Waals surface area contributed by atoms with Gasteiger partial charge < -0.3 is 4.74 Å². The van der Waals surface area contributed by atoms with Crippen molar-refractivity contribution in [3.05, 3.63) is 59.7 Å². The Hall–Kier alpha value is -1.49. The number of nitrogens with one attached hydrogen (secondary N) is 1. The molecule has 0 heterocycles. The predicted octanol–water partition coefficient (Wildman–Crippen LogP) is 2.97. The highest BCUT2D eigenvalue weighted by Gasteiger charge is 2.18. The highest BCUT2D eigenvalue weighted by molar-refractivity contribution is 7.98. The molecule has 2 aromatic carbocycles. The molecule has 100 valence electrons. The van der Waals surface area contributed by atoms with E-state index in [1.54, 1.807) is 18.9 Å². The summed E-state index contributed by atoms with van der Waals surface area (Å²) in [6, 6.07) is 16.1. The maximum atomic E-state index is 5.77. The summed E-state index contributed by atoms with van der Waals surface area (Å²) in [5.41, 5.74) is 5.08. The fraction of sp³-hybridized carbons (Fsp3) is 0.200. The Bertz CT molecular complexity index is 498. The number of hydrazine groups is 1. The Morgan fingerprint density at radius 1 is 1.05 bits per heavy atom. The van der Waals surface area contributed by atoms with Gasteiger partial charge in [0.05, 0.1) is 13.2 Å². The van der Waals surface area contributed by atoms with Gasteiger partial charge in [0, 0.05) is 10.5 Å². The van der Waals surface area contributed by atoms with Crippen molar-refractivity contribution in [1.82, 2.24) is 5.43 Å². The highest BCUT2D eigenvalue weighted by Crippen LogP contribution is 2.33. The summed E-state index contributed by atoms with van der Waals surface area (Å²) in [4.78, 5) is 1.20. The molecule has 0 spiro atoms. The summed E-state index contributed by atoms with van der Waals surface area (Å²) < 4.78 is 5.42. The molecule has 0 radical (unpaired) electrons. The Kier molecular flexibility index (Phi) is 4.85. The second kappa shape index (κ2) is 6.61. The van der Waals surface area contributed by atoms with Gasteiger partial charge in [-0.2, -0.15) is 0 Å². The zero-order valence-corrected chi connectivity index (χ0v) is 11.9. The lowest BCUT2D eigenvalue weighted by Gasteiger charge is -2.21. The lowest BCUT2D eigenvalue weighted by Crippen LogP contribution is -2.29. The molecule has 0 fully saturated rings. The molecule has 0 aromatic heterocycles. The van der Waals surface area contributed by atoms with Gasteiger partial charge in [0.1, 0.15) is 5.75 Å². The van der Waals surface area contributed by atoms with E-state index in [-0.39, 0.29) is 6.04 Å². The Morgan fingerprint density at radius 3 is 2.32 bits per heavy atom. The van der Waals surface area contributed by atoms with Crippen molar-refractivity contribution in [2.45, 2.75) is 10.9 Å². The van der Waals surface area contributed by atoms with Crippen LogP contribution in [0.4, 0.5) is 0 Å². The molecule has 0 saturated heterocycles. The minimum Gasteiger partial charge on any atom is -0.496 e. The fourth-order valence-electron chi connectivity index (χ4n) is 2.16. The number of nitrogens with two attached hydrogens (primary N) is 1. The number of para-hydroxylation sites is 1. The van der Waals surface area contributed by atoms with E-state index in [2.05, 4.69) is 23.8 Å². The van der Waals surface area contributed by atoms with E-state index < -0.39 is 0 Å². The van der Waals surface area contributed by atoms with Gasteiger partial charge in [-0.3, -0.25) is 5.84 Å². The molecule has 1 atom stereocenters. The maximum absolute atomic E-state index is 5.77. The first-order valence-electron chi connectivity index (χ1n) is 6.03. The van der Waals surface area contributed by atoms with Gasteiger partial charge >= 0.3 is 0 Å². The SMILES string of the molecule is COc1ccccc1C(NN)c1ccccc1SC. The average molecular weight is 274 g/mol. The fourth-order valence-corrected chi connectivity index (χ4v) is 2.79. The van der Waals surface area contributed by atoms with E-state index in [4.69, 9.17) is 10.6 Å². The molecule has 0 aliphatic rings. The van der Waals surface area contributed by atoms with Crippen LogP contribution in [-0.2, 0) is 0 Å². The van der Waals surface area contributed by atoms with E-state index in [1.807, 2.05) is 36.4 Å².